The fourth-order valence-corrected chi connectivity index (χ4v) is 4.35. The van der Waals surface area contributed by atoms with Gasteiger partial charge in [-0.1, -0.05) is 59.9 Å². The van der Waals surface area contributed by atoms with Crippen LogP contribution in [-0.2, 0) is 18.2 Å². The lowest BCUT2D eigenvalue weighted by Crippen LogP contribution is -2.09. The van der Waals surface area contributed by atoms with E-state index < -0.39 is 22.9 Å². The molecule has 37 heavy (non-hydrogen) atoms. The standard InChI is InChI=1S/C26H38O9P2/c1-15(2)21-9-19(10-22(16(3)4)25(21)32-13-34-36(27)28)20-11-23(17(5)6)26(24(12-20)18(7)8)33-14-35-37(29,30)31/h9-12,15-18H,13-14H2,1-8H3,(H2-,27,28,29,30,31)/p+1. The Kier molecular flexibility index (Phi) is 11.3. The maximum atomic E-state index is 11.1. The second-order valence-corrected chi connectivity index (χ2v) is 12.1. The van der Waals surface area contributed by atoms with Gasteiger partial charge >= 0.3 is 16.1 Å². The molecule has 206 valence electrons. The summed E-state index contributed by atoms with van der Waals surface area (Å²) in [6, 6.07) is 8.19. The number of phosphoric acid groups is 1. The Labute approximate surface area is 220 Å². The molecule has 0 amide bonds. The molecule has 2 aromatic rings. The normalized spacial score (nSPS) is 12.7. The summed E-state index contributed by atoms with van der Waals surface area (Å²) in [5.74, 6) is 1.56. The van der Waals surface area contributed by atoms with Crippen LogP contribution in [0.5, 0.6) is 11.5 Å². The van der Waals surface area contributed by atoms with Crippen molar-refractivity contribution in [2.45, 2.75) is 79.1 Å². The van der Waals surface area contributed by atoms with Crippen molar-refractivity contribution in [2.24, 2.45) is 0 Å². The Morgan fingerprint density at radius 2 is 1.03 bits per heavy atom. The Morgan fingerprint density at radius 3 is 1.30 bits per heavy atom. The van der Waals surface area contributed by atoms with E-state index in [0.717, 1.165) is 33.4 Å². The summed E-state index contributed by atoms with van der Waals surface area (Å²) >= 11 is 0. The minimum atomic E-state index is -4.66. The molecule has 0 saturated carbocycles. The van der Waals surface area contributed by atoms with Gasteiger partial charge in [0.25, 0.3) is 0 Å². The Balaban J connectivity index is 2.69. The van der Waals surface area contributed by atoms with E-state index in [1.54, 1.807) is 0 Å². The van der Waals surface area contributed by atoms with Gasteiger partial charge in [-0.3, -0.25) is 0 Å². The zero-order chi connectivity index (χ0) is 28.1. The predicted octanol–water partition coefficient (Wildman–Crippen LogP) is 7.30. The summed E-state index contributed by atoms with van der Waals surface area (Å²) in [5, 5.41) is 0. The SMILES string of the molecule is CC(C)c1cc(-c2cc(C(C)C)c(OCOP(=O)(O)O)c(C(C)C)c2)cc(C(C)C)c1OCO[P+](=O)O. The molecule has 0 saturated heterocycles. The molecule has 0 bridgehead atoms. The van der Waals surface area contributed by atoms with Crippen molar-refractivity contribution in [3.63, 3.8) is 0 Å². The van der Waals surface area contributed by atoms with E-state index in [2.05, 4.69) is 44.4 Å². The lowest BCUT2D eigenvalue weighted by atomic mass is 9.86. The van der Waals surface area contributed by atoms with Crippen LogP contribution in [0, 0.1) is 0 Å². The molecule has 0 aromatic heterocycles. The van der Waals surface area contributed by atoms with Gasteiger partial charge in [0.1, 0.15) is 11.5 Å². The first kappa shape index (κ1) is 31.4. The van der Waals surface area contributed by atoms with E-state index in [0.29, 0.717) is 11.5 Å². The Morgan fingerprint density at radius 1 is 0.703 bits per heavy atom. The van der Waals surface area contributed by atoms with Gasteiger partial charge in [0.05, 0.1) is 0 Å². The second kappa shape index (κ2) is 13.3. The summed E-state index contributed by atoms with van der Waals surface area (Å²) in [6.07, 6.45) is 0. The first-order valence-electron chi connectivity index (χ1n) is 12.2. The quantitative estimate of drug-likeness (QED) is 0.171. The highest BCUT2D eigenvalue weighted by molar-refractivity contribution is 7.46. The highest BCUT2D eigenvalue weighted by Crippen LogP contribution is 2.43. The van der Waals surface area contributed by atoms with Gasteiger partial charge in [-0.25, -0.2) is 9.09 Å². The van der Waals surface area contributed by atoms with E-state index in [4.69, 9.17) is 28.7 Å². The smallest absolute Gasteiger partial charge is 0.466 e. The summed E-state index contributed by atoms with van der Waals surface area (Å²) in [4.78, 5) is 27.1. The largest absolute Gasteiger partial charge is 0.698 e. The highest BCUT2D eigenvalue weighted by atomic mass is 31.2. The monoisotopic (exact) mass is 557 g/mol. The van der Waals surface area contributed by atoms with Crippen molar-refractivity contribution >= 4 is 16.1 Å². The molecule has 3 N–H and O–H groups in total. The number of hydrogen-bond acceptors (Lipinski definition) is 6. The molecular weight excluding hydrogens is 518 g/mol. The summed E-state index contributed by atoms with van der Waals surface area (Å²) in [6.45, 7) is 15.4. The fourth-order valence-electron chi connectivity index (χ4n) is 4.02. The van der Waals surface area contributed by atoms with Crippen molar-refractivity contribution in [2.75, 3.05) is 13.6 Å². The van der Waals surface area contributed by atoms with E-state index in [1.807, 2.05) is 39.8 Å². The molecule has 1 unspecified atom stereocenters. The van der Waals surface area contributed by atoms with Crippen LogP contribution in [-0.4, -0.2) is 28.3 Å². The van der Waals surface area contributed by atoms with Crippen LogP contribution in [0.1, 0.15) is 101 Å². The van der Waals surface area contributed by atoms with E-state index in [1.165, 1.54) is 0 Å². The van der Waals surface area contributed by atoms with E-state index in [-0.39, 0.29) is 30.5 Å². The average molecular weight is 558 g/mol. The van der Waals surface area contributed by atoms with Gasteiger partial charge in [0.15, 0.2) is 6.79 Å². The van der Waals surface area contributed by atoms with Gasteiger partial charge in [-0.2, -0.15) is 0 Å². The van der Waals surface area contributed by atoms with Crippen molar-refractivity contribution in [3.8, 4) is 22.6 Å². The highest BCUT2D eigenvalue weighted by Gasteiger charge is 2.23. The molecule has 0 aliphatic rings. The first-order chi connectivity index (χ1) is 17.1. The minimum absolute atomic E-state index is 0.0665. The average Bonchev–Trinajstić information content (AvgIpc) is 2.77. The molecule has 2 aromatic carbocycles. The minimum Gasteiger partial charge on any atom is -0.466 e. The Bertz CT molecular complexity index is 1080. The third-order valence-corrected chi connectivity index (χ3v) is 6.67. The third kappa shape index (κ3) is 8.86. The second-order valence-electron chi connectivity index (χ2n) is 10.1. The van der Waals surface area contributed by atoms with Crippen LogP contribution in [0.15, 0.2) is 24.3 Å². The number of rotatable bonds is 13. The van der Waals surface area contributed by atoms with Gasteiger partial charge in [-0.05, 0) is 81.3 Å². The molecule has 0 spiro atoms. The lowest BCUT2D eigenvalue weighted by molar-refractivity contribution is 0.0810. The van der Waals surface area contributed by atoms with Crippen molar-refractivity contribution in [1.82, 2.24) is 0 Å². The molecule has 0 aliphatic heterocycles. The van der Waals surface area contributed by atoms with Crippen molar-refractivity contribution < 1.29 is 42.3 Å². The van der Waals surface area contributed by atoms with Crippen LogP contribution in [0.25, 0.3) is 11.1 Å². The summed E-state index contributed by atoms with van der Waals surface area (Å²) in [5.41, 5.74) is 5.65. The molecule has 1 atom stereocenters. The molecule has 0 aliphatic carbocycles. The molecule has 2 rings (SSSR count). The molecule has 0 heterocycles. The summed E-state index contributed by atoms with van der Waals surface area (Å²) < 4.78 is 43.0. The van der Waals surface area contributed by atoms with Gasteiger partial charge < -0.3 is 19.3 Å². The molecule has 11 heteroatoms. The molecule has 9 nitrogen and oxygen atoms in total. The van der Waals surface area contributed by atoms with Crippen LogP contribution >= 0.6 is 16.1 Å². The van der Waals surface area contributed by atoms with Crippen LogP contribution in [0.2, 0.25) is 0 Å². The van der Waals surface area contributed by atoms with Crippen molar-refractivity contribution in [1.29, 1.82) is 0 Å². The molecule has 0 radical (unpaired) electrons. The first-order valence-corrected chi connectivity index (χ1v) is 14.9. The van der Waals surface area contributed by atoms with Gasteiger partial charge in [-0.15, -0.1) is 4.89 Å². The van der Waals surface area contributed by atoms with Crippen LogP contribution in [0.3, 0.4) is 0 Å². The number of phosphoric ester groups is 1. The molecule has 0 fully saturated rings. The third-order valence-electron chi connectivity index (χ3n) is 5.90. The predicted molar refractivity (Wildman–Crippen MR) is 143 cm³/mol. The lowest BCUT2D eigenvalue weighted by Gasteiger charge is -2.24. The Hall–Kier alpha value is -1.83. The fraction of sp³-hybridized carbons (Fsp3) is 0.538. The number of benzene rings is 2. The van der Waals surface area contributed by atoms with Crippen molar-refractivity contribution in [3.05, 3.63) is 46.5 Å². The maximum absolute atomic E-state index is 11.1. The van der Waals surface area contributed by atoms with E-state index >= 15 is 0 Å². The van der Waals surface area contributed by atoms with Gasteiger partial charge in [0.2, 0.25) is 6.79 Å². The van der Waals surface area contributed by atoms with Gasteiger partial charge in [0, 0.05) is 4.57 Å². The summed E-state index contributed by atoms with van der Waals surface area (Å²) in [7, 11) is -7.42. The molecular formula is C26H39O9P2+. The maximum Gasteiger partial charge on any atom is 0.698 e. The number of ether oxygens (including phenoxy) is 2. The topological polar surface area (TPSA) is 132 Å². The van der Waals surface area contributed by atoms with Crippen LogP contribution in [0.4, 0.5) is 0 Å². The van der Waals surface area contributed by atoms with E-state index in [9.17, 15) is 9.13 Å². The van der Waals surface area contributed by atoms with Crippen LogP contribution < -0.4 is 9.47 Å². The zero-order valence-corrected chi connectivity index (χ0v) is 24.5. The number of hydrogen-bond donors (Lipinski definition) is 3. The zero-order valence-electron chi connectivity index (χ0n) is 22.7.